The lowest BCUT2D eigenvalue weighted by Gasteiger charge is -2.22. The Morgan fingerprint density at radius 3 is 2.30 bits per heavy atom. The van der Waals surface area contributed by atoms with Crippen molar-refractivity contribution in [3.05, 3.63) is 53.1 Å². The molecule has 2 aromatic carbocycles. The Morgan fingerprint density at radius 2 is 1.73 bits per heavy atom. The van der Waals surface area contributed by atoms with Crippen molar-refractivity contribution < 1.29 is 13.2 Å². The highest BCUT2D eigenvalue weighted by Crippen LogP contribution is 2.33. The third-order valence-electron chi connectivity index (χ3n) is 4.71. The standard InChI is InChI=1S/C22H27N3O3S2/c1-14(2)13-25(22-23-19-12-15(3)11-16(4)20(19)29-22)21(26)17-7-9-18(10-8-17)30(27,28)24(5)6/h7-12,14H,13H2,1-6H3. The van der Waals surface area contributed by atoms with E-state index in [1.807, 2.05) is 13.0 Å². The fraction of sp³-hybridized carbons (Fsp3) is 0.364. The third kappa shape index (κ3) is 4.40. The molecule has 0 fully saturated rings. The maximum atomic E-state index is 13.3. The summed E-state index contributed by atoms with van der Waals surface area (Å²) in [7, 11) is -0.575. The van der Waals surface area contributed by atoms with Crippen molar-refractivity contribution in [3.63, 3.8) is 0 Å². The van der Waals surface area contributed by atoms with Gasteiger partial charge in [-0.3, -0.25) is 9.69 Å². The summed E-state index contributed by atoms with van der Waals surface area (Å²) in [6, 6.07) is 10.2. The van der Waals surface area contributed by atoms with Gasteiger partial charge in [0.05, 0.1) is 15.1 Å². The molecule has 6 nitrogen and oxygen atoms in total. The van der Waals surface area contributed by atoms with E-state index < -0.39 is 10.0 Å². The molecule has 0 N–H and O–H groups in total. The number of hydrogen-bond acceptors (Lipinski definition) is 5. The molecule has 1 heterocycles. The van der Waals surface area contributed by atoms with Crippen molar-refractivity contribution in [2.24, 2.45) is 5.92 Å². The smallest absolute Gasteiger partial charge is 0.260 e. The Kier molecular flexibility index (Phi) is 6.31. The molecule has 0 aliphatic carbocycles. The van der Waals surface area contributed by atoms with Gasteiger partial charge in [0.1, 0.15) is 0 Å². The zero-order valence-corrected chi connectivity index (χ0v) is 19.8. The van der Waals surface area contributed by atoms with Crippen LogP contribution in [0.5, 0.6) is 0 Å². The number of aromatic nitrogens is 1. The second-order valence-corrected chi connectivity index (χ2v) is 11.2. The number of sulfonamides is 1. The summed E-state index contributed by atoms with van der Waals surface area (Å²) >= 11 is 1.51. The zero-order valence-electron chi connectivity index (χ0n) is 18.1. The van der Waals surface area contributed by atoms with E-state index >= 15 is 0 Å². The van der Waals surface area contributed by atoms with Gasteiger partial charge in [-0.2, -0.15) is 0 Å². The van der Waals surface area contributed by atoms with Crippen LogP contribution in [0.4, 0.5) is 5.13 Å². The molecule has 0 saturated heterocycles. The molecular formula is C22H27N3O3S2. The summed E-state index contributed by atoms with van der Waals surface area (Å²) in [6.07, 6.45) is 0. The Hall–Kier alpha value is -2.29. The summed E-state index contributed by atoms with van der Waals surface area (Å²) in [6.45, 7) is 8.71. The van der Waals surface area contributed by atoms with E-state index in [0.29, 0.717) is 17.2 Å². The molecule has 0 saturated carbocycles. The van der Waals surface area contributed by atoms with Crippen LogP contribution in [0.15, 0.2) is 41.3 Å². The number of amides is 1. The molecule has 3 rings (SSSR count). The fourth-order valence-electron chi connectivity index (χ4n) is 3.23. The van der Waals surface area contributed by atoms with Crippen molar-refractivity contribution in [2.75, 3.05) is 25.5 Å². The SMILES string of the molecule is Cc1cc(C)c2sc(N(CC(C)C)C(=O)c3ccc(S(=O)(=O)N(C)C)cc3)nc2c1. The predicted octanol–water partition coefficient (Wildman–Crippen LogP) is 4.47. The first-order valence-electron chi connectivity index (χ1n) is 9.73. The van der Waals surface area contributed by atoms with Crippen LogP contribution in [0.25, 0.3) is 10.2 Å². The van der Waals surface area contributed by atoms with Gasteiger partial charge in [-0.1, -0.05) is 31.3 Å². The van der Waals surface area contributed by atoms with Crippen LogP contribution < -0.4 is 4.90 Å². The van der Waals surface area contributed by atoms with Crippen LogP contribution in [0.2, 0.25) is 0 Å². The van der Waals surface area contributed by atoms with E-state index in [-0.39, 0.29) is 16.7 Å². The normalized spacial score (nSPS) is 12.1. The van der Waals surface area contributed by atoms with Crippen molar-refractivity contribution in [1.29, 1.82) is 0 Å². The molecule has 1 aromatic heterocycles. The monoisotopic (exact) mass is 445 g/mol. The van der Waals surface area contributed by atoms with E-state index in [9.17, 15) is 13.2 Å². The van der Waals surface area contributed by atoms with Gasteiger partial charge in [0, 0.05) is 26.2 Å². The van der Waals surface area contributed by atoms with Crippen LogP contribution in [-0.4, -0.2) is 44.3 Å². The summed E-state index contributed by atoms with van der Waals surface area (Å²) in [5, 5.41) is 0.655. The van der Waals surface area contributed by atoms with Crippen molar-refractivity contribution in [2.45, 2.75) is 32.6 Å². The average Bonchev–Trinajstić information content (AvgIpc) is 3.09. The minimum Gasteiger partial charge on any atom is -0.284 e. The molecule has 160 valence electrons. The minimum atomic E-state index is -3.54. The van der Waals surface area contributed by atoms with E-state index in [2.05, 4.69) is 26.8 Å². The molecule has 1 amide bonds. The average molecular weight is 446 g/mol. The van der Waals surface area contributed by atoms with Crippen LogP contribution >= 0.6 is 11.3 Å². The highest BCUT2D eigenvalue weighted by molar-refractivity contribution is 7.89. The molecule has 0 atom stereocenters. The number of benzene rings is 2. The molecule has 8 heteroatoms. The molecule has 0 aliphatic heterocycles. The first-order chi connectivity index (χ1) is 14.0. The van der Waals surface area contributed by atoms with Crippen LogP contribution in [0.1, 0.15) is 35.3 Å². The maximum absolute atomic E-state index is 13.3. The largest absolute Gasteiger partial charge is 0.284 e. The molecular weight excluding hydrogens is 418 g/mol. The topological polar surface area (TPSA) is 70.6 Å². The fourth-order valence-corrected chi connectivity index (χ4v) is 5.15. The minimum absolute atomic E-state index is 0.158. The number of hydrogen-bond donors (Lipinski definition) is 0. The zero-order chi connectivity index (χ0) is 22.2. The van der Waals surface area contributed by atoms with E-state index in [0.717, 1.165) is 25.6 Å². The highest BCUT2D eigenvalue weighted by atomic mass is 32.2. The number of anilines is 1. The summed E-state index contributed by atoms with van der Waals surface area (Å²) < 4.78 is 26.8. The van der Waals surface area contributed by atoms with Gasteiger partial charge in [-0.05, 0) is 61.2 Å². The number of aryl methyl sites for hydroxylation is 2. The molecule has 0 radical (unpaired) electrons. The Morgan fingerprint density at radius 1 is 1.10 bits per heavy atom. The van der Waals surface area contributed by atoms with Gasteiger partial charge in [0.15, 0.2) is 5.13 Å². The second kappa shape index (κ2) is 8.45. The van der Waals surface area contributed by atoms with Gasteiger partial charge < -0.3 is 0 Å². The number of carbonyl (C=O) groups excluding carboxylic acids is 1. The van der Waals surface area contributed by atoms with Gasteiger partial charge in [-0.25, -0.2) is 17.7 Å². The van der Waals surface area contributed by atoms with Crippen LogP contribution in [0, 0.1) is 19.8 Å². The number of thiazole rings is 1. The van der Waals surface area contributed by atoms with Crippen molar-refractivity contribution in [3.8, 4) is 0 Å². The Bertz CT molecular complexity index is 1180. The lowest BCUT2D eigenvalue weighted by atomic mass is 10.1. The summed E-state index contributed by atoms with van der Waals surface area (Å²) in [4.78, 5) is 19.9. The number of fused-ring (bicyclic) bond motifs is 1. The Balaban J connectivity index is 2.00. The quantitative estimate of drug-likeness (QED) is 0.561. The molecule has 0 spiro atoms. The van der Waals surface area contributed by atoms with Crippen molar-refractivity contribution in [1.82, 2.24) is 9.29 Å². The third-order valence-corrected chi connectivity index (χ3v) is 7.77. The molecule has 3 aromatic rings. The predicted molar refractivity (Wildman–Crippen MR) is 123 cm³/mol. The second-order valence-electron chi connectivity index (χ2n) is 8.05. The number of rotatable bonds is 6. The van der Waals surface area contributed by atoms with E-state index in [1.54, 1.807) is 17.0 Å². The maximum Gasteiger partial charge on any atom is 0.260 e. The number of nitrogens with zero attached hydrogens (tertiary/aromatic N) is 3. The van der Waals surface area contributed by atoms with Crippen LogP contribution in [0.3, 0.4) is 0 Å². The Labute approximate surface area is 182 Å². The summed E-state index contributed by atoms with van der Waals surface area (Å²) in [5.74, 6) is 0.0584. The van der Waals surface area contributed by atoms with Crippen molar-refractivity contribution >= 4 is 42.6 Å². The molecule has 0 bridgehead atoms. The first-order valence-corrected chi connectivity index (χ1v) is 12.0. The van der Waals surface area contributed by atoms with Gasteiger partial charge >= 0.3 is 0 Å². The van der Waals surface area contributed by atoms with E-state index in [4.69, 9.17) is 4.98 Å². The van der Waals surface area contributed by atoms with Gasteiger partial charge in [-0.15, -0.1) is 0 Å². The summed E-state index contributed by atoms with van der Waals surface area (Å²) in [5.41, 5.74) is 3.60. The highest BCUT2D eigenvalue weighted by Gasteiger charge is 2.24. The lowest BCUT2D eigenvalue weighted by molar-refractivity contribution is 0.0984. The lowest BCUT2D eigenvalue weighted by Crippen LogP contribution is -2.34. The van der Waals surface area contributed by atoms with Crippen LogP contribution in [-0.2, 0) is 10.0 Å². The van der Waals surface area contributed by atoms with Gasteiger partial charge in [0.2, 0.25) is 10.0 Å². The van der Waals surface area contributed by atoms with Gasteiger partial charge in [0.25, 0.3) is 5.91 Å². The molecule has 0 aliphatic rings. The van der Waals surface area contributed by atoms with E-state index in [1.165, 1.54) is 37.6 Å². The number of carbonyl (C=O) groups is 1. The molecule has 30 heavy (non-hydrogen) atoms. The molecule has 0 unspecified atom stereocenters. The first kappa shape index (κ1) is 22.4.